The molecule has 1 amide bonds. The van der Waals surface area contributed by atoms with Crippen LogP contribution in [0.2, 0.25) is 0 Å². The lowest BCUT2D eigenvalue weighted by Gasteiger charge is -2.30. The third-order valence-electron chi connectivity index (χ3n) is 5.20. The number of nitrogens with one attached hydrogen (secondary N) is 1. The van der Waals surface area contributed by atoms with Crippen molar-refractivity contribution in [2.75, 3.05) is 18.4 Å². The summed E-state index contributed by atoms with van der Waals surface area (Å²) in [6.45, 7) is 0.628. The maximum Gasteiger partial charge on any atom is 0.244 e. The highest BCUT2D eigenvalue weighted by Gasteiger charge is 2.32. The quantitative estimate of drug-likeness (QED) is 0.611. The van der Waals surface area contributed by atoms with Gasteiger partial charge in [-0.3, -0.25) is 9.78 Å². The number of sulfonamides is 1. The van der Waals surface area contributed by atoms with E-state index in [-0.39, 0.29) is 16.7 Å². The van der Waals surface area contributed by atoms with Crippen LogP contribution in [0.4, 0.5) is 5.69 Å². The van der Waals surface area contributed by atoms with E-state index in [2.05, 4.69) is 15.3 Å². The summed E-state index contributed by atoms with van der Waals surface area (Å²) in [7, 11) is -1.63. The molecule has 0 saturated carbocycles. The normalized spacial score (nSPS) is 15.6. The molecule has 1 aromatic carbocycles. The third kappa shape index (κ3) is 4.97. The summed E-state index contributed by atoms with van der Waals surface area (Å²) in [5.41, 5.74) is 0.722. The number of nitrogens with zero attached hydrogens (tertiary/aromatic N) is 4. The minimum Gasteiger partial charge on any atom is -0.329 e. The number of aryl methyl sites for hydroxylation is 1. The molecule has 8 nitrogen and oxygen atoms in total. The van der Waals surface area contributed by atoms with E-state index in [1.54, 1.807) is 30.2 Å². The second kappa shape index (κ2) is 9.21. The Morgan fingerprint density at radius 3 is 2.48 bits per heavy atom. The van der Waals surface area contributed by atoms with Crippen LogP contribution in [0.5, 0.6) is 0 Å². The van der Waals surface area contributed by atoms with Gasteiger partial charge in [-0.15, -0.1) is 0 Å². The summed E-state index contributed by atoms with van der Waals surface area (Å²) in [6.07, 6.45) is 7.51. The topological polar surface area (TPSA) is 97.2 Å². The number of hydrogen-bond acceptors (Lipinski definition) is 6. The van der Waals surface area contributed by atoms with Crippen LogP contribution in [-0.2, 0) is 21.9 Å². The van der Waals surface area contributed by atoms with Gasteiger partial charge < -0.3 is 9.88 Å². The van der Waals surface area contributed by atoms with Crippen LogP contribution >= 0.6 is 11.8 Å². The number of amides is 1. The minimum atomic E-state index is -3.57. The van der Waals surface area contributed by atoms with Crippen molar-refractivity contribution in [1.29, 1.82) is 0 Å². The van der Waals surface area contributed by atoms with E-state index in [0.29, 0.717) is 25.9 Å². The average Bonchev–Trinajstić information content (AvgIpc) is 3.20. The first-order valence-electron chi connectivity index (χ1n) is 9.90. The van der Waals surface area contributed by atoms with Crippen LogP contribution in [0.3, 0.4) is 0 Å². The summed E-state index contributed by atoms with van der Waals surface area (Å²) in [5.74, 6) is -0.301. The zero-order chi connectivity index (χ0) is 21.8. The van der Waals surface area contributed by atoms with Gasteiger partial charge >= 0.3 is 0 Å². The molecule has 31 heavy (non-hydrogen) atoms. The van der Waals surface area contributed by atoms with Crippen LogP contribution in [0.1, 0.15) is 12.8 Å². The lowest BCUT2D eigenvalue weighted by atomic mass is 9.97. The number of anilines is 1. The number of imidazole rings is 1. The van der Waals surface area contributed by atoms with E-state index in [1.807, 2.05) is 42.1 Å². The number of carbonyl (C=O) groups excluding carboxylic acids is 1. The second-order valence-corrected chi connectivity index (χ2v) is 10.3. The molecule has 1 N–H and O–H groups in total. The molecule has 3 heterocycles. The highest BCUT2D eigenvalue weighted by molar-refractivity contribution is 7.99. The lowest BCUT2D eigenvalue weighted by Crippen LogP contribution is -2.41. The Balaban J connectivity index is 1.31. The minimum absolute atomic E-state index is 0.0806. The molecule has 0 radical (unpaired) electrons. The summed E-state index contributed by atoms with van der Waals surface area (Å²) in [4.78, 5) is 22.1. The predicted octanol–water partition coefficient (Wildman–Crippen LogP) is 3.01. The van der Waals surface area contributed by atoms with Crippen molar-refractivity contribution in [1.82, 2.24) is 18.8 Å². The molecule has 2 aromatic heterocycles. The third-order valence-corrected chi connectivity index (χ3v) is 8.17. The Kier molecular flexibility index (Phi) is 6.40. The molecule has 1 saturated heterocycles. The summed E-state index contributed by atoms with van der Waals surface area (Å²) in [5, 5.41) is 3.84. The van der Waals surface area contributed by atoms with Crippen molar-refractivity contribution in [3.63, 3.8) is 0 Å². The first-order valence-corrected chi connectivity index (χ1v) is 12.2. The molecule has 1 aliphatic rings. The van der Waals surface area contributed by atoms with Gasteiger partial charge in [0.15, 0.2) is 5.16 Å². The molecule has 4 rings (SSSR count). The number of benzene rings is 1. The Labute approximate surface area is 185 Å². The highest BCUT2D eigenvalue weighted by atomic mass is 32.2. The van der Waals surface area contributed by atoms with E-state index in [0.717, 1.165) is 15.7 Å². The van der Waals surface area contributed by atoms with Crippen molar-refractivity contribution in [2.45, 2.75) is 27.8 Å². The SMILES string of the molecule is Cn1ccnc1Sc1ccc(NC(=O)C2CCN(S(=O)(=O)c3cccnc3)CC2)cc1. The van der Waals surface area contributed by atoms with Gasteiger partial charge in [0.1, 0.15) is 4.90 Å². The number of pyridine rings is 1. The van der Waals surface area contributed by atoms with Crippen molar-refractivity contribution in [3.05, 3.63) is 61.2 Å². The smallest absolute Gasteiger partial charge is 0.244 e. The van der Waals surface area contributed by atoms with Gasteiger partial charge in [0.05, 0.1) is 0 Å². The molecule has 1 fully saturated rings. The summed E-state index contributed by atoms with van der Waals surface area (Å²) < 4.78 is 28.8. The van der Waals surface area contributed by atoms with Crippen molar-refractivity contribution < 1.29 is 13.2 Å². The molecule has 0 atom stereocenters. The average molecular weight is 458 g/mol. The molecule has 162 valence electrons. The van der Waals surface area contributed by atoms with E-state index >= 15 is 0 Å². The van der Waals surface area contributed by atoms with Crippen molar-refractivity contribution in [3.8, 4) is 0 Å². The molecule has 0 aliphatic carbocycles. The van der Waals surface area contributed by atoms with Gasteiger partial charge in [0, 0.05) is 61.4 Å². The van der Waals surface area contributed by atoms with E-state index in [4.69, 9.17) is 0 Å². The van der Waals surface area contributed by atoms with E-state index in [9.17, 15) is 13.2 Å². The standard InChI is InChI=1S/C21H23N5O3S2/c1-25-14-11-23-21(25)30-18-6-4-17(5-7-18)24-20(27)16-8-12-26(13-9-16)31(28,29)19-3-2-10-22-15-19/h2-7,10-11,14-16H,8-9,12-13H2,1H3,(H,24,27). The van der Waals surface area contributed by atoms with Crippen LogP contribution < -0.4 is 5.32 Å². The van der Waals surface area contributed by atoms with Crippen LogP contribution in [0.15, 0.2) is 76.1 Å². The first kappa shape index (κ1) is 21.5. The number of aromatic nitrogens is 3. The fourth-order valence-corrected chi connectivity index (χ4v) is 5.65. The Bertz CT molecular complexity index is 1140. The molecular formula is C21H23N5O3S2. The van der Waals surface area contributed by atoms with Gasteiger partial charge in [-0.05, 0) is 49.2 Å². The second-order valence-electron chi connectivity index (χ2n) is 7.30. The number of piperidine rings is 1. The molecule has 1 aliphatic heterocycles. The Morgan fingerprint density at radius 2 is 1.87 bits per heavy atom. The molecule has 0 bridgehead atoms. The zero-order valence-electron chi connectivity index (χ0n) is 17.0. The van der Waals surface area contributed by atoms with Gasteiger partial charge in [0.2, 0.25) is 15.9 Å². The van der Waals surface area contributed by atoms with Gasteiger partial charge in [-0.2, -0.15) is 4.31 Å². The fraction of sp³-hybridized carbons (Fsp3) is 0.286. The number of carbonyl (C=O) groups is 1. The Morgan fingerprint density at radius 1 is 1.13 bits per heavy atom. The van der Waals surface area contributed by atoms with E-state index in [1.165, 1.54) is 16.6 Å². The molecule has 0 spiro atoms. The first-order chi connectivity index (χ1) is 14.9. The maximum atomic E-state index is 12.7. The van der Waals surface area contributed by atoms with Gasteiger partial charge in [-0.1, -0.05) is 11.8 Å². The zero-order valence-corrected chi connectivity index (χ0v) is 18.6. The maximum absolute atomic E-state index is 12.7. The molecular weight excluding hydrogens is 434 g/mol. The summed E-state index contributed by atoms with van der Waals surface area (Å²) in [6, 6.07) is 10.8. The van der Waals surface area contributed by atoms with Crippen LogP contribution in [0.25, 0.3) is 0 Å². The molecule has 10 heteroatoms. The van der Waals surface area contributed by atoms with Gasteiger partial charge in [-0.25, -0.2) is 13.4 Å². The number of hydrogen-bond donors (Lipinski definition) is 1. The highest BCUT2D eigenvalue weighted by Crippen LogP contribution is 2.28. The van der Waals surface area contributed by atoms with Crippen LogP contribution in [-0.4, -0.2) is 46.3 Å². The van der Waals surface area contributed by atoms with Crippen LogP contribution in [0, 0.1) is 5.92 Å². The number of rotatable bonds is 6. The fourth-order valence-electron chi connectivity index (χ4n) is 3.41. The Hall–Kier alpha value is -2.69. The lowest BCUT2D eigenvalue weighted by molar-refractivity contribution is -0.120. The van der Waals surface area contributed by atoms with E-state index < -0.39 is 10.0 Å². The van der Waals surface area contributed by atoms with Crippen molar-refractivity contribution in [2.24, 2.45) is 13.0 Å². The molecule has 3 aromatic rings. The molecule has 0 unspecified atom stereocenters. The van der Waals surface area contributed by atoms with Gasteiger partial charge in [0.25, 0.3) is 0 Å². The largest absolute Gasteiger partial charge is 0.329 e. The summed E-state index contributed by atoms with van der Waals surface area (Å²) >= 11 is 1.55. The van der Waals surface area contributed by atoms with Crippen molar-refractivity contribution >= 4 is 33.4 Å². The predicted molar refractivity (Wildman–Crippen MR) is 118 cm³/mol. The monoisotopic (exact) mass is 457 g/mol.